The molecule has 1 unspecified atom stereocenters. The fourth-order valence-corrected chi connectivity index (χ4v) is 4.65. The number of carbonyl (C=O) groups excluding carboxylic acids is 2. The average molecular weight is 466 g/mol. The van der Waals surface area contributed by atoms with E-state index < -0.39 is 23.5 Å². The number of furan rings is 1. The van der Waals surface area contributed by atoms with Crippen LogP contribution in [0.2, 0.25) is 0 Å². The van der Waals surface area contributed by atoms with E-state index in [0.717, 1.165) is 22.1 Å². The van der Waals surface area contributed by atoms with Crippen LogP contribution in [0.25, 0.3) is 11.0 Å². The molecule has 1 aliphatic rings. The number of rotatable bonds is 7. The highest BCUT2D eigenvalue weighted by molar-refractivity contribution is 6.16. The van der Waals surface area contributed by atoms with Crippen LogP contribution >= 0.6 is 0 Å². The standard InChI is InChI=1S/C30H27NO4/c1-19(2)21-12-14-22(15-13-21)27-26(28(32)25-18-23-10-6-7-11-24(23)35-25)29(33)30(34)31(27)17-16-20-8-4-3-5-9-20/h3-15,18-19,27,33H,16-17H2,1-2H3. The van der Waals surface area contributed by atoms with Crippen molar-refractivity contribution in [2.24, 2.45) is 0 Å². The minimum Gasteiger partial charge on any atom is -0.503 e. The molecule has 2 heterocycles. The van der Waals surface area contributed by atoms with Gasteiger partial charge in [0.1, 0.15) is 5.58 Å². The largest absolute Gasteiger partial charge is 0.503 e. The number of fused-ring (bicyclic) bond motifs is 1. The quantitative estimate of drug-likeness (QED) is 0.322. The molecule has 35 heavy (non-hydrogen) atoms. The van der Waals surface area contributed by atoms with Crippen molar-refractivity contribution in [1.82, 2.24) is 4.90 Å². The number of ketones is 1. The van der Waals surface area contributed by atoms with E-state index in [1.807, 2.05) is 72.8 Å². The third-order valence-electron chi connectivity index (χ3n) is 6.60. The van der Waals surface area contributed by atoms with Crippen molar-refractivity contribution >= 4 is 22.7 Å². The first-order valence-electron chi connectivity index (χ1n) is 11.8. The van der Waals surface area contributed by atoms with E-state index >= 15 is 0 Å². The van der Waals surface area contributed by atoms with Gasteiger partial charge in [-0.3, -0.25) is 9.59 Å². The number of hydrogen-bond acceptors (Lipinski definition) is 4. The van der Waals surface area contributed by atoms with E-state index in [1.54, 1.807) is 17.0 Å². The number of nitrogens with zero attached hydrogens (tertiary/aromatic N) is 1. The van der Waals surface area contributed by atoms with Crippen LogP contribution in [0.4, 0.5) is 0 Å². The normalized spacial score (nSPS) is 16.0. The van der Waals surface area contributed by atoms with Crippen molar-refractivity contribution in [1.29, 1.82) is 0 Å². The third kappa shape index (κ3) is 4.26. The lowest BCUT2D eigenvalue weighted by atomic mass is 9.92. The van der Waals surface area contributed by atoms with Crippen LogP contribution in [0.1, 0.15) is 53.1 Å². The average Bonchev–Trinajstić information content (AvgIpc) is 3.42. The molecule has 5 rings (SSSR count). The van der Waals surface area contributed by atoms with Gasteiger partial charge in [0.2, 0.25) is 5.78 Å². The third-order valence-corrected chi connectivity index (χ3v) is 6.60. The Morgan fingerprint density at radius 3 is 2.34 bits per heavy atom. The molecule has 5 nitrogen and oxygen atoms in total. The molecule has 4 aromatic rings. The number of aliphatic hydroxyl groups is 1. The van der Waals surface area contributed by atoms with E-state index in [-0.39, 0.29) is 11.3 Å². The highest BCUT2D eigenvalue weighted by Gasteiger charge is 2.44. The van der Waals surface area contributed by atoms with Crippen LogP contribution in [-0.2, 0) is 11.2 Å². The second-order valence-corrected chi connectivity index (χ2v) is 9.20. The molecular formula is C30H27NO4. The lowest BCUT2D eigenvalue weighted by Gasteiger charge is -2.27. The van der Waals surface area contributed by atoms with Gasteiger partial charge in [-0.1, -0.05) is 86.6 Å². The van der Waals surface area contributed by atoms with E-state index in [9.17, 15) is 14.7 Å². The summed E-state index contributed by atoms with van der Waals surface area (Å²) in [6.45, 7) is 4.59. The van der Waals surface area contributed by atoms with Gasteiger partial charge in [-0.2, -0.15) is 0 Å². The minimum atomic E-state index is -0.701. The van der Waals surface area contributed by atoms with Crippen LogP contribution in [0.15, 0.2) is 101 Å². The summed E-state index contributed by atoms with van der Waals surface area (Å²) in [6.07, 6.45) is 0.604. The fourth-order valence-electron chi connectivity index (χ4n) is 4.65. The number of carbonyl (C=O) groups is 2. The predicted molar refractivity (Wildman–Crippen MR) is 135 cm³/mol. The van der Waals surface area contributed by atoms with Crippen molar-refractivity contribution in [2.75, 3.05) is 6.54 Å². The highest BCUT2D eigenvalue weighted by atomic mass is 16.3. The lowest BCUT2D eigenvalue weighted by Crippen LogP contribution is -2.33. The first-order valence-corrected chi connectivity index (χ1v) is 11.8. The van der Waals surface area contributed by atoms with Crippen molar-refractivity contribution in [3.63, 3.8) is 0 Å². The molecule has 0 radical (unpaired) electrons. The van der Waals surface area contributed by atoms with Gasteiger partial charge in [0.15, 0.2) is 11.5 Å². The smallest absolute Gasteiger partial charge is 0.290 e. The zero-order valence-corrected chi connectivity index (χ0v) is 19.8. The second-order valence-electron chi connectivity index (χ2n) is 9.20. The lowest BCUT2D eigenvalue weighted by molar-refractivity contribution is -0.129. The molecule has 5 heteroatoms. The topological polar surface area (TPSA) is 70.7 Å². The summed E-state index contributed by atoms with van der Waals surface area (Å²) < 4.78 is 5.80. The van der Waals surface area contributed by atoms with Gasteiger partial charge in [-0.25, -0.2) is 0 Å². The molecule has 1 aliphatic heterocycles. The SMILES string of the molecule is CC(C)c1ccc(C2C(C(=O)c3cc4ccccc4o3)=C(O)C(=O)N2CCc2ccccc2)cc1. The Kier molecular flexibility index (Phi) is 6.00. The van der Waals surface area contributed by atoms with Gasteiger partial charge in [0.25, 0.3) is 5.91 Å². The monoisotopic (exact) mass is 465 g/mol. The molecule has 0 saturated carbocycles. The van der Waals surface area contributed by atoms with Crippen molar-refractivity contribution in [3.8, 4) is 0 Å². The maximum Gasteiger partial charge on any atom is 0.290 e. The second kappa shape index (κ2) is 9.26. The van der Waals surface area contributed by atoms with Crippen molar-refractivity contribution in [3.05, 3.63) is 119 Å². The molecule has 0 saturated heterocycles. The Labute approximate surface area is 204 Å². The van der Waals surface area contributed by atoms with Crippen molar-refractivity contribution in [2.45, 2.75) is 32.2 Å². The van der Waals surface area contributed by atoms with E-state index in [1.165, 1.54) is 0 Å². The van der Waals surface area contributed by atoms with Crippen LogP contribution in [0.5, 0.6) is 0 Å². The molecule has 0 fully saturated rings. The molecule has 1 atom stereocenters. The number of hydrogen-bond donors (Lipinski definition) is 1. The van der Waals surface area contributed by atoms with Crippen LogP contribution in [0.3, 0.4) is 0 Å². The molecule has 1 N–H and O–H groups in total. The van der Waals surface area contributed by atoms with Crippen LogP contribution in [0, 0.1) is 0 Å². The van der Waals surface area contributed by atoms with Gasteiger partial charge in [-0.15, -0.1) is 0 Å². The van der Waals surface area contributed by atoms with E-state index in [0.29, 0.717) is 24.5 Å². The first-order chi connectivity index (χ1) is 16.9. The Morgan fingerprint density at radius 1 is 0.971 bits per heavy atom. The highest BCUT2D eigenvalue weighted by Crippen LogP contribution is 2.40. The number of benzene rings is 3. The Morgan fingerprint density at radius 2 is 1.66 bits per heavy atom. The van der Waals surface area contributed by atoms with Gasteiger partial charge < -0.3 is 14.4 Å². The van der Waals surface area contributed by atoms with Crippen LogP contribution in [-0.4, -0.2) is 28.2 Å². The molecule has 0 aliphatic carbocycles. The summed E-state index contributed by atoms with van der Waals surface area (Å²) in [6, 6.07) is 26.1. The fraction of sp³-hybridized carbons (Fsp3) is 0.200. The Balaban J connectivity index is 1.54. The molecule has 0 bridgehead atoms. The Bertz CT molecular complexity index is 1380. The predicted octanol–water partition coefficient (Wildman–Crippen LogP) is 6.38. The van der Waals surface area contributed by atoms with Crippen molar-refractivity contribution < 1.29 is 19.1 Å². The molecule has 176 valence electrons. The molecule has 3 aromatic carbocycles. The molecule has 1 amide bonds. The number of aliphatic hydroxyl groups excluding tert-OH is 1. The van der Waals surface area contributed by atoms with E-state index in [4.69, 9.17) is 4.42 Å². The van der Waals surface area contributed by atoms with Gasteiger partial charge in [-0.05, 0) is 41.2 Å². The summed E-state index contributed by atoms with van der Waals surface area (Å²) in [7, 11) is 0. The summed E-state index contributed by atoms with van der Waals surface area (Å²) in [4.78, 5) is 28.5. The maximum absolute atomic E-state index is 13.7. The first kappa shape index (κ1) is 22.7. The molecule has 0 spiro atoms. The van der Waals surface area contributed by atoms with Gasteiger partial charge in [0.05, 0.1) is 11.6 Å². The maximum atomic E-state index is 13.7. The van der Waals surface area contributed by atoms with Gasteiger partial charge >= 0.3 is 0 Å². The number of para-hydroxylation sites is 1. The van der Waals surface area contributed by atoms with Crippen LogP contribution < -0.4 is 0 Å². The summed E-state index contributed by atoms with van der Waals surface area (Å²) in [5.74, 6) is -1.08. The minimum absolute atomic E-state index is 0.0550. The summed E-state index contributed by atoms with van der Waals surface area (Å²) in [5, 5.41) is 11.7. The zero-order chi connectivity index (χ0) is 24.5. The Hall–Kier alpha value is -4.12. The number of amides is 1. The summed E-state index contributed by atoms with van der Waals surface area (Å²) >= 11 is 0. The zero-order valence-electron chi connectivity index (χ0n) is 19.8. The van der Waals surface area contributed by atoms with Gasteiger partial charge in [0, 0.05) is 11.9 Å². The summed E-state index contributed by atoms with van der Waals surface area (Å²) in [5.41, 5.74) is 3.65. The number of Topliss-reactive ketones (excluding diaryl/α,β-unsaturated/α-hetero) is 1. The molecule has 1 aromatic heterocycles. The molecular weight excluding hydrogens is 438 g/mol. The van der Waals surface area contributed by atoms with E-state index in [2.05, 4.69) is 13.8 Å².